The molecule has 4 heterocycles. The molecule has 1 aromatic heterocycles. The summed E-state index contributed by atoms with van der Waals surface area (Å²) in [4.78, 5) is 18.0. The van der Waals surface area contributed by atoms with Crippen molar-refractivity contribution in [2.75, 3.05) is 19.6 Å². The summed E-state index contributed by atoms with van der Waals surface area (Å²) >= 11 is 5.82. The van der Waals surface area contributed by atoms with E-state index in [-0.39, 0.29) is 5.91 Å². The van der Waals surface area contributed by atoms with Crippen LogP contribution >= 0.6 is 11.6 Å². The minimum atomic E-state index is 0.248. The first-order valence-corrected chi connectivity index (χ1v) is 10.9. The maximum atomic E-state index is 13.1. The SMILES string of the molecule is O=C(CCc1cc(Cl)no1)N1CCCC2=CC3CC(CN4CCCCC34)C21. The number of likely N-dealkylation sites (tertiary alicyclic amines) is 1. The summed E-state index contributed by atoms with van der Waals surface area (Å²) in [6, 6.07) is 2.79. The lowest BCUT2D eigenvalue weighted by molar-refractivity contribution is -0.136. The van der Waals surface area contributed by atoms with E-state index in [1.165, 1.54) is 45.2 Å². The van der Waals surface area contributed by atoms with Gasteiger partial charge in [-0.3, -0.25) is 9.69 Å². The van der Waals surface area contributed by atoms with E-state index in [1.807, 2.05) is 0 Å². The summed E-state index contributed by atoms with van der Waals surface area (Å²) < 4.78 is 5.16. The monoisotopic (exact) mass is 389 g/mol. The molecule has 3 aliphatic heterocycles. The van der Waals surface area contributed by atoms with Gasteiger partial charge in [0.25, 0.3) is 0 Å². The Labute approximate surface area is 165 Å². The summed E-state index contributed by atoms with van der Waals surface area (Å²) in [6.07, 6.45) is 11.2. The first-order chi connectivity index (χ1) is 13.2. The Balaban J connectivity index is 1.32. The lowest BCUT2D eigenvalue weighted by atomic mass is 9.68. The smallest absolute Gasteiger partial charge is 0.223 e. The van der Waals surface area contributed by atoms with Crippen molar-refractivity contribution in [3.05, 3.63) is 28.6 Å². The number of hydrogen-bond donors (Lipinski definition) is 0. The Morgan fingerprint density at radius 1 is 1.30 bits per heavy atom. The summed E-state index contributed by atoms with van der Waals surface area (Å²) in [5.41, 5.74) is 1.55. The highest BCUT2D eigenvalue weighted by Gasteiger charge is 2.46. The molecular weight excluding hydrogens is 362 g/mol. The van der Waals surface area contributed by atoms with E-state index < -0.39 is 0 Å². The molecule has 4 unspecified atom stereocenters. The van der Waals surface area contributed by atoms with Crippen LogP contribution in [0.15, 0.2) is 22.2 Å². The van der Waals surface area contributed by atoms with Crippen LogP contribution in [0, 0.1) is 11.8 Å². The Hall–Kier alpha value is -1.33. The summed E-state index contributed by atoms with van der Waals surface area (Å²) in [5.74, 6) is 2.26. The number of nitrogens with zero attached hydrogens (tertiary/aromatic N) is 3. The second-order valence-electron chi connectivity index (χ2n) is 8.71. The van der Waals surface area contributed by atoms with Gasteiger partial charge < -0.3 is 9.42 Å². The summed E-state index contributed by atoms with van der Waals surface area (Å²) in [5, 5.41) is 4.06. The molecule has 27 heavy (non-hydrogen) atoms. The molecule has 5 rings (SSSR count). The van der Waals surface area contributed by atoms with Crippen LogP contribution in [0.4, 0.5) is 0 Å². The normalized spacial score (nSPS) is 33.2. The molecule has 0 aromatic carbocycles. The van der Waals surface area contributed by atoms with Gasteiger partial charge in [0.15, 0.2) is 5.15 Å². The highest BCUT2D eigenvalue weighted by molar-refractivity contribution is 6.29. The Kier molecular flexibility index (Phi) is 4.76. The molecule has 0 spiro atoms. The second-order valence-corrected chi connectivity index (χ2v) is 9.10. The van der Waals surface area contributed by atoms with Crippen molar-refractivity contribution in [1.82, 2.24) is 15.0 Å². The Morgan fingerprint density at radius 3 is 3.07 bits per heavy atom. The molecule has 0 N–H and O–H groups in total. The van der Waals surface area contributed by atoms with Crippen LogP contribution in [-0.2, 0) is 11.2 Å². The molecular formula is C21H28ClN3O2. The molecule has 146 valence electrons. The zero-order valence-electron chi connectivity index (χ0n) is 15.8. The number of carbonyl (C=O) groups is 1. The van der Waals surface area contributed by atoms with Crippen LogP contribution in [0.25, 0.3) is 0 Å². The van der Waals surface area contributed by atoms with E-state index in [9.17, 15) is 4.79 Å². The molecule has 6 heteroatoms. The number of fused-ring (bicyclic) bond motifs is 6. The predicted molar refractivity (Wildman–Crippen MR) is 103 cm³/mol. The molecule has 1 aliphatic carbocycles. The fourth-order valence-corrected chi connectivity index (χ4v) is 6.19. The van der Waals surface area contributed by atoms with Crippen molar-refractivity contribution in [3.8, 4) is 0 Å². The van der Waals surface area contributed by atoms with Crippen LogP contribution in [0.5, 0.6) is 0 Å². The molecule has 4 atom stereocenters. The number of aryl methyl sites for hydroxylation is 1. The molecule has 5 nitrogen and oxygen atoms in total. The van der Waals surface area contributed by atoms with Crippen molar-refractivity contribution in [2.45, 2.75) is 63.5 Å². The van der Waals surface area contributed by atoms with Crippen molar-refractivity contribution in [1.29, 1.82) is 0 Å². The van der Waals surface area contributed by atoms with E-state index in [1.54, 1.807) is 11.6 Å². The minimum absolute atomic E-state index is 0.248. The van der Waals surface area contributed by atoms with Crippen LogP contribution in [0.2, 0.25) is 5.15 Å². The highest BCUT2D eigenvalue weighted by atomic mass is 35.5. The van der Waals surface area contributed by atoms with Crippen molar-refractivity contribution < 1.29 is 9.32 Å². The number of piperidine rings is 3. The van der Waals surface area contributed by atoms with Gasteiger partial charge in [-0.05, 0) is 50.5 Å². The fraction of sp³-hybridized carbons (Fsp3) is 0.714. The molecule has 3 fully saturated rings. The van der Waals surface area contributed by atoms with Crippen molar-refractivity contribution in [3.63, 3.8) is 0 Å². The molecule has 2 bridgehead atoms. The van der Waals surface area contributed by atoms with Gasteiger partial charge in [0.1, 0.15) is 5.76 Å². The number of aromatic nitrogens is 1. The van der Waals surface area contributed by atoms with Crippen LogP contribution in [-0.4, -0.2) is 52.6 Å². The van der Waals surface area contributed by atoms with Gasteiger partial charge in [-0.15, -0.1) is 0 Å². The molecule has 4 aliphatic rings. The standard InChI is InChI=1S/C21H28ClN3O2/c22-19-12-17(27-23-19)6-7-20(26)25-9-3-4-14-10-15-11-16(21(14)25)13-24-8-2-1-5-18(15)24/h10,12,15-16,18,21H,1-9,11,13H2. The van der Waals surface area contributed by atoms with Crippen molar-refractivity contribution in [2.24, 2.45) is 11.8 Å². The number of halogens is 1. The lowest BCUT2D eigenvalue weighted by Crippen LogP contribution is -2.60. The lowest BCUT2D eigenvalue weighted by Gasteiger charge is -2.54. The maximum absolute atomic E-state index is 13.1. The first kappa shape index (κ1) is 17.7. The quantitative estimate of drug-likeness (QED) is 0.740. The fourth-order valence-electron chi connectivity index (χ4n) is 6.03. The predicted octanol–water partition coefficient (Wildman–Crippen LogP) is 3.68. The van der Waals surface area contributed by atoms with E-state index in [0.29, 0.717) is 41.6 Å². The Morgan fingerprint density at radius 2 is 2.22 bits per heavy atom. The zero-order chi connectivity index (χ0) is 18.4. The van der Waals surface area contributed by atoms with Crippen LogP contribution in [0.3, 0.4) is 0 Å². The van der Waals surface area contributed by atoms with Gasteiger partial charge in [-0.2, -0.15) is 0 Å². The third kappa shape index (κ3) is 3.33. The maximum Gasteiger partial charge on any atom is 0.223 e. The topological polar surface area (TPSA) is 49.6 Å². The van der Waals surface area contributed by atoms with Gasteiger partial charge in [-0.1, -0.05) is 34.8 Å². The van der Waals surface area contributed by atoms with Crippen molar-refractivity contribution >= 4 is 17.5 Å². The zero-order valence-corrected chi connectivity index (χ0v) is 16.5. The van der Waals surface area contributed by atoms with E-state index in [0.717, 1.165) is 19.0 Å². The van der Waals surface area contributed by atoms with E-state index in [4.69, 9.17) is 16.1 Å². The van der Waals surface area contributed by atoms with Gasteiger partial charge in [0.05, 0.1) is 6.04 Å². The molecule has 0 radical (unpaired) electrons. The third-order valence-electron chi connectivity index (χ3n) is 7.09. The average Bonchev–Trinajstić information content (AvgIpc) is 3.11. The van der Waals surface area contributed by atoms with Crippen LogP contribution in [0.1, 0.15) is 50.7 Å². The molecule has 0 saturated carbocycles. The van der Waals surface area contributed by atoms with Gasteiger partial charge in [0, 0.05) is 38.0 Å². The first-order valence-electron chi connectivity index (χ1n) is 10.5. The molecule has 1 amide bonds. The van der Waals surface area contributed by atoms with Crippen LogP contribution < -0.4 is 0 Å². The Bertz CT molecular complexity index is 746. The van der Waals surface area contributed by atoms with Gasteiger partial charge >= 0.3 is 0 Å². The van der Waals surface area contributed by atoms with Gasteiger partial charge in [-0.25, -0.2) is 0 Å². The number of hydrogen-bond acceptors (Lipinski definition) is 4. The van der Waals surface area contributed by atoms with Gasteiger partial charge in [0.2, 0.25) is 5.91 Å². The second kappa shape index (κ2) is 7.25. The number of amides is 1. The largest absolute Gasteiger partial charge is 0.360 e. The third-order valence-corrected chi connectivity index (χ3v) is 7.27. The van der Waals surface area contributed by atoms with E-state index in [2.05, 4.69) is 21.0 Å². The minimum Gasteiger partial charge on any atom is -0.360 e. The van der Waals surface area contributed by atoms with E-state index >= 15 is 0 Å². The molecule has 3 saturated heterocycles. The summed E-state index contributed by atoms with van der Waals surface area (Å²) in [6.45, 7) is 3.31. The summed E-state index contributed by atoms with van der Waals surface area (Å²) in [7, 11) is 0. The molecule has 1 aromatic rings. The highest BCUT2D eigenvalue weighted by Crippen LogP contribution is 2.45. The number of carbonyl (C=O) groups excluding carboxylic acids is 1. The average molecular weight is 390 g/mol. The number of rotatable bonds is 3.